The monoisotopic (exact) mass is 262 g/mol. The van der Waals surface area contributed by atoms with Crippen molar-refractivity contribution in [2.75, 3.05) is 0 Å². The molecule has 0 saturated heterocycles. The van der Waals surface area contributed by atoms with Crippen LogP contribution in [0.5, 0.6) is 0 Å². The molecule has 0 aromatic heterocycles. The van der Waals surface area contributed by atoms with Crippen molar-refractivity contribution in [1.29, 1.82) is 0 Å². The Bertz CT molecular complexity index is 607. The molecule has 0 fully saturated rings. The van der Waals surface area contributed by atoms with Crippen LogP contribution in [0.3, 0.4) is 0 Å². The van der Waals surface area contributed by atoms with Crippen LogP contribution in [0.1, 0.15) is 29.5 Å². The van der Waals surface area contributed by atoms with Gasteiger partial charge in [-0.05, 0) is 23.3 Å². The van der Waals surface area contributed by atoms with Gasteiger partial charge in [-0.3, -0.25) is 0 Å². The largest absolute Gasteiger partial charge is 0.204 e. The van der Waals surface area contributed by atoms with Gasteiger partial charge in [0.05, 0.1) is 0 Å². The van der Waals surface area contributed by atoms with E-state index in [9.17, 15) is 8.78 Å². The SMILES string of the molecule is C[C@@H]1c2ccccc2SCc2c1ccc(F)c2F. The summed E-state index contributed by atoms with van der Waals surface area (Å²) in [5, 5.41) is 0. The van der Waals surface area contributed by atoms with Crippen LogP contribution in [-0.2, 0) is 5.75 Å². The molecule has 0 aliphatic carbocycles. The normalized spacial score (nSPS) is 17.8. The van der Waals surface area contributed by atoms with Gasteiger partial charge in [0, 0.05) is 22.1 Å². The summed E-state index contributed by atoms with van der Waals surface area (Å²) < 4.78 is 27.2. The fraction of sp³-hybridized carbons (Fsp3) is 0.200. The number of fused-ring (bicyclic) bond motifs is 2. The van der Waals surface area contributed by atoms with Gasteiger partial charge >= 0.3 is 0 Å². The Morgan fingerprint density at radius 3 is 2.67 bits per heavy atom. The van der Waals surface area contributed by atoms with Crippen LogP contribution in [0, 0.1) is 11.6 Å². The van der Waals surface area contributed by atoms with Gasteiger partial charge in [-0.1, -0.05) is 31.2 Å². The summed E-state index contributed by atoms with van der Waals surface area (Å²) in [6.45, 7) is 2.04. The molecule has 0 N–H and O–H groups in total. The molecule has 0 spiro atoms. The maximum absolute atomic E-state index is 13.9. The first-order chi connectivity index (χ1) is 8.68. The van der Waals surface area contributed by atoms with Crippen molar-refractivity contribution in [2.45, 2.75) is 23.5 Å². The third kappa shape index (κ3) is 1.74. The molecule has 0 nitrogen and oxygen atoms in total. The second-order valence-corrected chi connectivity index (χ2v) is 5.49. The summed E-state index contributed by atoms with van der Waals surface area (Å²) >= 11 is 1.57. The van der Waals surface area contributed by atoms with Crippen molar-refractivity contribution < 1.29 is 8.78 Å². The molecule has 0 unspecified atom stereocenters. The summed E-state index contributed by atoms with van der Waals surface area (Å²) in [7, 11) is 0. The van der Waals surface area contributed by atoms with E-state index >= 15 is 0 Å². The fourth-order valence-corrected chi connectivity index (χ4v) is 3.63. The summed E-state index contributed by atoms with van der Waals surface area (Å²) in [5.41, 5.74) is 2.59. The number of hydrogen-bond acceptors (Lipinski definition) is 1. The first kappa shape index (κ1) is 11.7. The van der Waals surface area contributed by atoms with Gasteiger partial charge in [0.2, 0.25) is 0 Å². The highest BCUT2D eigenvalue weighted by Crippen LogP contribution is 2.41. The number of rotatable bonds is 0. The molecule has 0 saturated carbocycles. The molecule has 2 aromatic rings. The standard InChI is InChI=1S/C15H12F2S/c1-9-10-6-7-13(16)15(17)12(10)8-18-14-5-3-2-4-11(9)14/h2-7,9H,8H2,1H3/t9-/m0/s1. The third-order valence-corrected chi connectivity index (χ3v) is 4.57. The van der Waals surface area contributed by atoms with Gasteiger partial charge in [0.25, 0.3) is 0 Å². The van der Waals surface area contributed by atoms with E-state index in [2.05, 4.69) is 6.07 Å². The van der Waals surface area contributed by atoms with E-state index in [-0.39, 0.29) is 5.92 Å². The van der Waals surface area contributed by atoms with Crippen LogP contribution in [0.25, 0.3) is 0 Å². The average Bonchev–Trinajstić information content (AvgIpc) is 2.53. The quantitative estimate of drug-likeness (QED) is 0.662. The fourth-order valence-electron chi connectivity index (χ4n) is 2.45. The maximum Gasteiger partial charge on any atom is 0.163 e. The first-order valence-corrected chi connectivity index (χ1v) is 6.85. The van der Waals surface area contributed by atoms with E-state index in [1.807, 2.05) is 25.1 Å². The Hall–Kier alpha value is -1.35. The topological polar surface area (TPSA) is 0 Å². The molecule has 92 valence electrons. The van der Waals surface area contributed by atoms with Crippen molar-refractivity contribution in [3.8, 4) is 0 Å². The Morgan fingerprint density at radius 2 is 1.83 bits per heavy atom. The number of halogens is 2. The van der Waals surface area contributed by atoms with Gasteiger partial charge in [0.15, 0.2) is 11.6 Å². The number of benzene rings is 2. The maximum atomic E-state index is 13.9. The molecule has 1 heterocycles. The van der Waals surface area contributed by atoms with Crippen molar-refractivity contribution in [2.24, 2.45) is 0 Å². The second-order valence-electron chi connectivity index (χ2n) is 4.48. The van der Waals surface area contributed by atoms with Crippen molar-refractivity contribution >= 4 is 11.8 Å². The first-order valence-electron chi connectivity index (χ1n) is 5.87. The van der Waals surface area contributed by atoms with E-state index in [1.54, 1.807) is 17.8 Å². The highest BCUT2D eigenvalue weighted by molar-refractivity contribution is 7.98. The van der Waals surface area contributed by atoms with E-state index in [0.29, 0.717) is 11.3 Å². The van der Waals surface area contributed by atoms with Crippen molar-refractivity contribution in [3.63, 3.8) is 0 Å². The molecule has 0 radical (unpaired) electrons. The van der Waals surface area contributed by atoms with E-state index in [1.165, 1.54) is 11.6 Å². The molecular formula is C15H12F2S. The zero-order chi connectivity index (χ0) is 12.7. The molecule has 0 amide bonds. The molecule has 3 rings (SSSR count). The molecule has 1 atom stereocenters. The third-order valence-electron chi connectivity index (χ3n) is 3.46. The van der Waals surface area contributed by atoms with Gasteiger partial charge in [-0.15, -0.1) is 11.8 Å². The van der Waals surface area contributed by atoms with Gasteiger partial charge in [-0.2, -0.15) is 0 Å². The molecule has 0 bridgehead atoms. The molecule has 3 heteroatoms. The zero-order valence-electron chi connectivity index (χ0n) is 9.91. The lowest BCUT2D eigenvalue weighted by molar-refractivity contribution is 0.500. The van der Waals surface area contributed by atoms with Gasteiger partial charge in [0.1, 0.15) is 0 Å². The summed E-state index contributed by atoms with van der Waals surface area (Å²) in [6.07, 6.45) is 0. The lowest BCUT2D eigenvalue weighted by Gasteiger charge is -2.15. The zero-order valence-corrected chi connectivity index (χ0v) is 10.7. The predicted octanol–water partition coefficient (Wildman–Crippen LogP) is 4.72. The van der Waals surface area contributed by atoms with Crippen LogP contribution in [0.15, 0.2) is 41.3 Å². The molecule has 1 aliphatic rings. The smallest absolute Gasteiger partial charge is 0.163 e. The minimum absolute atomic E-state index is 0.0984. The van der Waals surface area contributed by atoms with Crippen LogP contribution < -0.4 is 0 Å². The van der Waals surface area contributed by atoms with Crippen LogP contribution in [0.2, 0.25) is 0 Å². The Labute approximate surface area is 109 Å². The Balaban J connectivity index is 2.21. The summed E-state index contributed by atoms with van der Waals surface area (Å²) in [6, 6.07) is 11.0. The van der Waals surface area contributed by atoms with E-state index in [0.717, 1.165) is 10.5 Å². The van der Waals surface area contributed by atoms with Crippen LogP contribution in [0.4, 0.5) is 8.78 Å². The van der Waals surface area contributed by atoms with Crippen molar-refractivity contribution in [3.05, 3.63) is 64.7 Å². The highest BCUT2D eigenvalue weighted by atomic mass is 32.2. The van der Waals surface area contributed by atoms with Gasteiger partial charge < -0.3 is 0 Å². The number of hydrogen-bond donors (Lipinski definition) is 0. The van der Waals surface area contributed by atoms with Gasteiger partial charge in [-0.25, -0.2) is 8.78 Å². The minimum atomic E-state index is -0.757. The molecule has 1 aliphatic heterocycles. The highest BCUT2D eigenvalue weighted by Gasteiger charge is 2.23. The average molecular weight is 262 g/mol. The van der Waals surface area contributed by atoms with E-state index in [4.69, 9.17) is 0 Å². The minimum Gasteiger partial charge on any atom is -0.204 e. The predicted molar refractivity (Wildman–Crippen MR) is 69.9 cm³/mol. The molecular weight excluding hydrogens is 250 g/mol. The van der Waals surface area contributed by atoms with Crippen molar-refractivity contribution in [1.82, 2.24) is 0 Å². The number of thioether (sulfide) groups is 1. The van der Waals surface area contributed by atoms with Crippen LogP contribution in [-0.4, -0.2) is 0 Å². The second kappa shape index (κ2) is 4.39. The molecule has 18 heavy (non-hydrogen) atoms. The summed E-state index contributed by atoms with van der Waals surface area (Å²) in [4.78, 5) is 1.15. The summed E-state index contributed by atoms with van der Waals surface area (Å²) in [5.74, 6) is -0.867. The lowest BCUT2D eigenvalue weighted by atomic mass is 9.90. The Morgan fingerprint density at radius 1 is 1.06 bits per heavy atom. The van der Waals surface area contributed by atoms with E-state index < -0.39 is 11.6 Å². The molecule has 2 aromatic carbocycles. The lowest BCUT2D eigenvalue weighted by Crippen LogP contribution is -2.02. The Kier molecular flexibility index (Phi) is 2.86. The van der Waals surface area contributed by atoms with Crippen LogP contribution >= 0.6 is 11.8 Å².